The maximum atomic E-state index is 12.1. The Morgan fingerprint density at radius 2 is 1.46 bits per heavy atom. The highest BCUT2D eigenvalue weighted by molar-refractivity contribution is 7.22. The summed E-state index contributed by atoms with van der Waals surface area (Å²) < 4.78 is 1.11. The number of amides is 1. The Kier molecular flexibility index (Phi) is 10.9. The van der Waals surface area contributed by atoms with E-state index in [1.54, 1.807) is 29.5 Å². The van der Waals surface area contributed by atoms with Gasteiger partial charge in [0.1, 0.15) is 11.5 Å². The molecule has 0 unspecified atom stereocenters. The average molecular weight is 496 g/mol. The molecule has 1 aromatic heterocycles. The molecule has 0 aliphatic carbocycles. The van der Waals surface area contributed by atoms with Crippen LogP contribution in [-0.4, -0.2) is 34.6 Å². The van der Waals surface area contributed by atoms with Gasteiger partial charge in [0, 0.05) is 29.6 Å². The summed E-state index contributed by atoms with van der Waals surface area (Å²) in [6.07, 6.45) is 13.4. The summed E-state index contributed by atoms with van der Waals surface area (Å²) in [5.41, 5.74) is 2.47. The van der Waals surface area contributed by atoms with Crippen LogP contribution in [0.4, 0.5) is 0 Å². The van der Waals surface area contributed by atoms with Crippen molar-refractivity contribution in [2.75, 3.05) is 13.6 Å². The Morgan fingerprint density at radius 3 is 2.14 bits per heavy atom. The van der Waals surface area contributed by atoms with E-state index >= 15 is 0 Å². The van der Waals surface area contributed by atoms with Gasteiger partial charge in [0.05, 0.1) is 0 Å². The highest BCUT2D eigenvalue weighted by Crippen LogP contribution is 2.41. The first-order valence-corrected chi connectivity index (χ1v) is 14.1. The van der Waals surface area contributed by atoms with Crippen molar-refractivity contribution < 1.29 is 15.0 Å². The zero-order valence-corrected chi connectivity index (χ0v) is 22.2. The number of thiophene rings is 1. The third-order valence-corrected chi connectivity index (χ3v) is 7.99. The van der Waals surface area contributed by atoms with Gasteiger partial charge in [-0.3, -0.25) is 4.79 Å². The minimum Gasteiger partial charge on any atom is -0.508 e. The van der Waals surface area contributed by atoms with Crippen molar-refractivity contribution in [3.63, 3.8) is 0 Å². The Bertz CT molecular complexity index is 1060. The van der Waals surface area contributed by atoms with Gasteiger partial charge in [-0.2, -0.15) is 0 Å². The standard InChI is InChI=1S/C30H41NO3S/c1-3-4-21-31(2)29(34)14-12-10-8-6-5-7-9-11-13-27-26-20-19-25(33)22-28(26)35-30(27)23-15-17-24(32)18-16-23/h15-20,22,32-33H,3-14,21H2,1-2H3. The molecule has 190 valence electrons. The second-order valence-corrected chi connectivity index (χ2v) is 10.7. The maximum Gasteiger partial charge on any atom is 0.222 e. The van der Waals surface area contributed by atoms with Crippen LogP contribution in [0.3, 0.4) is 0 Å². The Balaban J connectivity index is 1.39. The first-order valence-electron chi connectivity index (χ1n) is 13.3. The molecule has 1 heterocycles. The number of phenols is 2. The normalized spacial score (nSPS) is 11.3. The molecular weight excluding hydrogens is 454 g/mol. The van der Waals surface area contributed by atoms with Crippen LogP contribution in [0.1, 0.15) is 83.1 Å². The zero-order chi connectivity index (χ0) is 25.0. The van der Waals surface area contributed by atoms with E-state index in [-0.39, 0.29) is 5.75 Å². The van der Waals surface area contributed by atoms with Gasteiger partial charge in [-0.1, -0.05) is 51.9 Å². The van der Waals surface area contributed by atoms with Crippen LogP contribution in [-0.2, 0) is 11.2 Å². The summed E-state index contributed by atoms with van der Waals surface area (Å²) in [5.74, 6) is 0.872. The molecule has 0 bridgehead atoms. The molecule has 2 N–H and O–H groups in total. The predicted molar refractivity (Wildman–Crippen MR) is 148 cm³/mol. The van der Waals surface area contributed by atoms with Crippen molar-refractivity contribution in [2.24, 2.45) is 0 Å². The molecule has 5 heteroatoms. The van der Waals surface area contributed by atoms with Crippen molar-refractivity contribution in [2.45, 2.75) is 84.0 Å². The third-order valence-electron chi connectivity index (χ3n) is 6.75. The fourth-order valence-corrected chi connectivity index (χ4v) is 5.87. The van der Waals surface area contributed by atoms with Crippen molar-refractivity contribution in [3.05, 3.63) is 48.0 Å². The summed E-state index contributed by atoms with van der Waals surface area (Å²) >= 11 is 1.72. The second kappa shape index (κ2) is 14.1. The number of rotatable bonds is 15. The summed E-state index contributed by atoms with van der Waals surface area (Å²) in [5, 5.41) is 20.8. The lowest BCUT2D eigenvalue weighted by Gasteiger charge is -2.16. The quantitative estimate of drug-likeness (QED) is 0.208. The SMILES string of the molecule is CCCCN(C)C(=O)CCCCCCCCCCc1c(-c2ccc(O)cc2)sc2cc(O)ccc12. The number of nitrogens with zero attached hydrogens (tertiary/aromatic N) is 1. The van der Waals surface area contributed by atoms with Crippen LogP contribution in [0, 0.1) is 0 Å². The van der Waals surface area contributed by atoms with Crippen LogP contribution >= 0.6 is 11.3 Å². The van der Waals surface area contributed by atoms with Gasteiger partial charge in [-0.15, -0.1) is 11.3 Å². The largest absolute Gasteiger partial charge is 0.508 e. The molecule has 35 heavy (non-hydrogen) atoms. The topological polar surface area (TPSA) is 60.8 Å². The van der Waals surface area contributed by atoms with Gasteiger partial charge >= 0.3 is 0 Å². The van der Waals surface area contributed by atoms with Crippen molar-refractivity contribution >= 4 is 27.3 Å². The van der Waals surface area contributed by atoms with E-state index in [0.717, 1.165) is 55.3 Å². The summed E-state index contributed by atoms with van der Waals surface area (Å²) in [6, 6.07) is 13.1. The number of aryl methyl sites for hydroxylation is 1. The van der Waals surface area contributed by atoms with Gasteiger partial charge in [-0.25, -0.2) is 0 Å². The molecule has 4 nitrogen and oxygen atoms in total. The number of aromatic hydroxyl groups is 2. The van der Waals surface area contributed by atoms with Gasteiger partial charge in [-0.05, 0) is 84.7 Å². The molecule has 3 rings (SSSR count). The van der Waals surface area contributed by atoms with Gasteiger partial charge in [0.25, 0.3) is 0 Å². The molecule has 0 aliphatic rings. The van der Waals surface area contributed by atoms with E-state index in [2.05, 4.69) is 6.92 Å². The highest BCUT2D eigenvalue weighted by Gasteiger charge is 2.14. The molecule has 0 aliphatic heterocycles. The summed E-state index contributed by atoms with van der Waals surface area (Å²) in [7, 11) is 1.93. The smallest absolute Gasteiger partial charge is 0.222 e. The van der Waals surface area contributed by atoms with Gasteiger partial charge in [0.2, 0.25) is 5.91 Å². The molecule has 0 spiro atoms. The van der Waals surface area contributed by atoms with Gasteiger partial charge < -0.3 is 15.1 Å². The number of fused-ring (bicyclic) bond motifs is 1. The second-order valence-electron chi connectivity index (χ2n) is 9.63. The lowest BCUT2D eigenvalue weighted by Crippen LogP contribution is -2.27. The van der Waals surface area contributed by atoms with E-state index in [0.29, 0.717) is 18.1 Å². The number of unbranched alkanes of at least 4 members (excludes halogenated alkanes) is 8. The van der Waals surface area contributed by atoms with E-state index < -0.39 is 0 Å². The van der Waals surface area contributed by atoms with Crippen LogP contribution in [0.25, 0.3) is 20.5 Å². The molecule has 0 atom stereocenters. The number of hydrogen-bond donors (Lipinski definition) is 2. The fraction of sp³-hybridized carbons (Fsp3) is 0.500. The maximum absolute atomic E-state index is 12.1. The summed E-state index contributed by atoms with van der Waals surface area (Å²) in [4.78, 5) is 15.2. The molecule has 0 fully saturated rings. The number of phenolic OH excluding ortho intramolecular Hbond substituents is 2. The monoisotopic (exact) mass is 495 g/mol. The number of hydrogen-bond acceptors (Lipinski definition) is 4. The minimum atomic E-state index is 0.278. The molecule has 0 radical (unpaired) electrons. The zero-order valence-electron chi connectivity index (χ0n) is 21.4. The van der Waals surface area contributed by atoms with E-state index in [4.69, 9.17) is 0 Å². The molecular formula is C30H41NO3S. The van der Waals surface area contributed by atoms with Crippen molar-refractivity contribution in [3.8, 4) is 21.9 Å². The number of carbonyl (C=O) groups is 1. The minimum absolute atomic E-state index is 0.278. The van der Waals surface area contributed by atoms with Crippen LogP contribution in [0.15, 0.2) is 42.5 Å². The fourth-order valence-electron chi connectivity index (χ4n) is 4.58. The van der Waals surface area contributed by atoms with Crippen LogP contribution in [0.5, 0.6) is 11.5 Å². The number of carbonyl (C=O) groups excluding carboxylic acids is 1. The Hall–Kier alpha value is -2.53. The molecule has 1 amide bonds. The summed E-state index contributed by atoms with van der Waals surface area (Å²) in [6.45, 7) is 3.04. The molecule has 2 aromatic carbocycles. The molecule has 0 saturated carbocycles. The lowest BCUT2D eigenvalue weighted by atomic mass is 9.99. The first-order chi connectivity index (χ1) is 17.0. The van der Waals surface area contributed by atoms with E-state index in [1.165, 1.54) is 47.9 Å². The van der Waals surface area contributed by atoms with E-state index in [1.807, 2.05) is 36.2 Å². The third kappa shape index (κ3) is 8.28. The number of benzene rings is 2. The Labute approximate surface area is 214 Å². The molecule has 0 saturated heterocycles. The lowest BCUT2D eigenvalue weighted by molar-refractivity contribution is -0.130. The first kappa shape index (κ1) is 27.1. The Morgan fingerprint density at radius 1 is 0.829 bits per heavy atom. The van der Waals surface area contributed by atoms with Crippen LogP contribution in [0.2, 0.25) is 0 Å². The highest BCUT2D eigenvalue weighted by atomic mass is 32.1. The van der Waals surface area contributed by atoms with E-state index in [9.17, 15) is 15.0 Å². The molecule has 3 aromatic rings. The average Bonchev–Trinajstić information content (AvgIpc) is 3.21. The van der Waals surface area contributed by atoms with Crippen molar-refractivity contribution in [1.29, 1.82) is 0 Å². The van der Waals surface area contributed by atoms with Crippen molar-refractivity contribution in [1.82, 2.24) is 4.90 Å². The van der Waals surface area contributed by atoms with Gasteiger partial charge in [0.15, 0.2) is 0 Å². The predicted octanol–water partition coefficient (Wildman–Crippen LogP) is 8.29. The van der Waals surface area contributed by atoms with Crippen LogP contribution < -0.4 is 0 Å².